The van der Waals surface area contributed by atoms with Crippen molar-refractivity contribution in [1.82, 2.24) is 0 Å². The normalized spacial score (nSPS) is 11.9. The van der Waals surface area contributed by atoms with E-state index in [2.05, 4.69) is 55.5 Å². The summed E-state index contributed by atoms with van der Waals surface area (Å²) in [5, 5.41) is 0. The Morgan fingerprint density at radius 2 is 1.60 bits per heavy atom. The Bertz CT molecular complexity index is 781. The Balaban J connectivity index is 1.69. The van der Waals surface area contributed by atoms with Crippen LogP contribution in [-0.2, 0) is 13.0 Å². The van der Waals surface area contributed by atoms with Crippen LogP contribution in [0.2, 0.25) is 0 Å². The zero-order chi connectivity index (χ0) is 17.5. The van der Waals surface area contributed by atoms with Crippen molar-refractivity contribution in [3.8, 4) is 5.75 Å². The van der Waals surface area contributed by atoms with Gasteiger partial charge in [-0.1, -0.05) is 72.3 Å². The molecule has 128 valence electrons. The standard InChI is InChI=1S/C23H25NO/c1-18-10-12-19(13-11-18)14-22(16-24)21-8-5-9-23(15-21)25-17-20-6-3-2-4-7-20/h2-13,15,22H,14,16-17,24H2,1H3. The molecule has 0 fully saturated rings. The highest BCUT2D eigenvalue weighted by atomic mass is 16.5. The van der Waals surface area contributed by atoms with Gasteiger partial charge in [0.25, 0.3) is 0 Å². The van der Waals surface area contributed by atoms with Gasteiger partial charge < -0.3 is 10.5 Å². The summed E-state index contributed by atoms with van der Waals surface area (Å²) in [4.78, 5) is 0. The maximum atomic E-state index is 6.06. The first-order valence-corrected chi connectivity index (χ1v) is 8.77. The maximum Gasteiger partial charge on any atom is 0.120 e. The molecular weight excluding hydrogens is 306 g/mol. The second-order valence-corrected chi connectivity index (χ2v) is 6.47. The molecule has 2 N–H and O–H groups in total. The monoisotopic (exact) mass is 331 g/mol. The van der Waals surface area contributed by atoms with Crippen LogP contribution in [0.4, 0.5) is 0 Å². The van der Waals surface area contributed by atoms with Gasteiger partial charge >= 0.3 is 0 Å². The molecule has 0 aliphatic heterocycles. The minimum Gasteiger partial charge on any atom is -0.489 e. The van der Waals surface area contributed by atoms with Gasteiger partial charge in [0.05, 0.1) is 0 Å². The van der Waals surface area contributed by atoms with Crippen LogP contribution in [-0.4, -0.2) is 6.54 Å². The molecule has 2 nitrogen and oxygen atoms in total. The highest BCUT2D eigenvalue weighted by Gasteiger charge is 2.12. The molecule has 0 saturated heterocycles. The molecule has 0 aliphatic rings. The highest BCUT2D eigenvalue weighted by Crippen LogP contribution is 2.24. The lowest BCUT2D eigenvalue weighted by Crippen LogP contribution is -2.15. The van der Waals surface area contributed by atoms with Gasteiger partial charge in [-0.15, -0.1) is 0 Å². The molecule has 0 saturated carbocycles. The van der Waals surface area contributed by atoms with Crippen molar-refractivity contribution < 1.29 is 4.74 Å². The summed E-state index contributed by atoms with van der Waals surface area (Å²) in [6.07, 6.45) is 0.943. The summed E-state index contributed by atoms with van der Waals surface area (Å²) < 4.78 is 5.95. The summed E-state index contributed by atoms with van der Waals surface area (Å²) in [5.74, 6) is 1.19. The SMILES string of the molecule is Cc1ccc(CC(CN)c2cccc(OCc3ccccc3)c2)cc1. The van der Waals surface area contributed by atoms with Crippen LogP contribution >= 0.6 is 0 Å². The van der Waals surface area contributed by atoms with E-state index in [-0.39, 0.29) is 0 Å². The van der Waals surface area contributed by atoms with Crippen LogP contribution in [0.25, 0.3) is 0 Å². The molecule has 2 heteroatoms. The molecule has 0 bridgehead atoms. The van der Waals surface area contributed by atoms with Crippen molar-refractivity contribution in [3.05, 3.63) is 101 Å². The summed E-state index contributed by atoms with van der Waals surface area (Å²) in [6, 6.07) is 27.2. The number of aryl methyl sites for hydroxylation is 1. The van der Waals surface area contributed by atoms with E-state index in [9.17, 15) is 0 Å². The molecule has 1 unspecified atom stereocenters. The Labute approximate surface area is 150 Å². The van der Waals surface area contributed by atoms with E-state index in [4.69, 9.17) is 10.5 Å². The van der Waals surface area contributed by atoms with E-state index in [1.807, 2.05) is 30.3 Å². The van der Waals surface area contributed by atoms with Gasteiger partial charge in [0.1, 0.15) is 12.4 Å². The average Bonchev–Trinajstić information content (AvgIpc) is 2.67. The van der Waals surface area contributed by atoms with E-state index in [1.54, 1.807) is 0 Å². The van der Waals surface area contributed by atoms with Crippen LogP contribution in [0.15, 0.2) is 78.9 Å². The Morgan fingerprint density at radius 3 is 2.32 bits per heavy atom. The van der Waals surface area contributed by atoms with Crippen molar-refractivity contribution in [2.45, 2.75) is 25.9 Å². The minimum atomic E-state index is 0.294. The van der Waals surface area contributed by atoms with Gasteiger partial charge in [0.15, 0.2) is 0 Å². The smallest absolute Gasteiger partial charge is 0.120 e. The van der Waals surface area contributed by atoms with Gasteiger partial charge in [-0.2, -0.15) is 0 Å². The zero-order valence-corrected chi connectivity index (χ0v) is 14.7. The fourth-order valence-corrected chi connectivity index (χ4v) is 2.95. The molecule has 0 aromatic heterocycles. The van der Waals surface area contributed by atoms with Crippen molar-refractivity contribution in [2.75, 3.05) is 6.54 Å². The van der Waals surface area contributed by atoms with Gasteiger partial charge in [-0.05, 0) is 48.7 Å². The summed E-state index contributed by atoms with van der Waals surface area (Å²) in [7, 11) is 0. The second-order valence-electron chi connectivity index (χ2n) is 6.47. The van der Waals surface area contributed by atoms with Crippen molar-refractivity contribution in [2.24, 2.45) is 5.73 Å². The van der Waals surface area contributed by atoms with Gasteiger partial charge in [0, 0.05) is 5.92 Å². The fraction of sp³-hybridized carbons (Fsp3) is 0.217. The fourth-order valence-electron chi connectivity index (χ4n) is 2.95. The molecule has 0 amide bonds. The number of hydrogen-bond acceptors (Lipinski definition) is 2. The lowest BCUT2D eigenvalue weighted by Gasteiger charge is -2.17. The van der Waals surface area contributed by atoms with E-state index >= 15 is 0 Å². The number of nitrogens with two attached hydrogens (primary N) is 1. The predicted molar refractivity (Wildman–Crippen MR) is 104 cm³/mol. The Morgan fingerprint density at radius 1 is 0.840 bits per heavy atom. The quantitative estimate of drug-likeness (QED) is 0.671. The molecular formula is C23H25NO. The van der Waals surface area contributed by atoms with E-state index < -0.39 is 0 Å². The van der Waals surface area contributed by atoms with E-state index in [1.165, 1.54) is 22.3 Å². The highest BCUT2D eigenvalue weighted by molar-refractivity contribution is 5.33. The average molecular weight is 331 g/mol. The molecule has 1 atom stereocenters. The summed E-state index contributed by atoms with van der Waals surface area (Å²) >= 11 is 0. The number of hydrogen-bond donors (Lipinski definition) is 1. The third kappa shape index (κ3) is 4.94. The third-order valence-electron chi connectivity index (χ3n) is 4.47. The van der Waals surface area contributed by atoms with Crippen LogP contribution in [0, 0.1) is 6.92 Å². The van der Waals surface area contributed by atoms with Crippen molar-refractivity contribution in [3.63, 3.8) is 0 Å². The van der Waals surface area contributed by atoms with E-state index in [0.717, 1.165) is 12.2 Å². The molecule has 25 heavy (non-hydrogen) atoms. The molecule has 0 aliphatic carbocycles. The predicted octanol–water partition coefficient (Wildman–Crippen LogP) is 4.86. The molecule has 0 spiro atoms. The second kappa shape index (κ2) is 8.50. The van der Waals surface area contributed by atoms with Crippen LogP contribution < -0.4 is 10.5 Å². The summed E-state index contributed by atoms with van der Waals surface area (Å²) in [5.41, 5.74) is 11.1. The molecule has 0 heterocycles. The first kappa shape index (κ1) is 17.2. The lowest BCUT2D eigenvalue weighted by molar-refractivity contribution is 0.305. The maximum absolute atomic E-state index is 6.06. The topological polar surface area (TPSA) is 35.2 Å². The van der Waals surface area contributed by atoms with Gasteiger partial charge in [-0.3, -0.25) is 0 Å². The van der Waals surface area contributed by atoms with Crippen molar-refractivity contribution >= 4 is 0 Å². The molecule has 3 rings (SSSR count). The van der Waals surface area contributed by atoms with Crippen LogP contribution in [0.5, 0.6) is 5.75 Å². The third-order valence-corrected chi connectivity index (χ3v) is 4.47. The number of benzene rings is 3. The first-order chi connectivity index (χ1) is 12.2. The Kier molecular flexibility index (Phi) is 5.86. The van der Waals surface area contributed by atoms with Crippen LogP contribution in [0.3, 0.4) is 0 Å². The molecule has 0 radical (unpaired) electrons. The number of ether oxygens (including phenoxy) is 1. The largest absolute Gasteiger partial charge is 0.489 e. The van der Waals surface area contributed by atoms with Crippen molar-refractivity contribution in [1.29, 1.82) is 0 Å². The molecule has 3 aromatic rings. The molecule has 3 aromatic carbocycles. The van der Waals surface area contributed by atoms with E-state index in [0.29, 0.717) is 19.1 Å². The van der Waals surface area contributed by atoms with Gasteiger partial charge in [-0.25, -0.2) is 0 Å². The van der Waals surface area contributed by atoms with Gasteiger partial charge in [0.2, 0.25) is 0 Å². The zero-order valence-electron chi connectivity index (χ0n) is 14.7. The number of rotatable bonds is 7. The Hall–Kier alpha value is -2.58. The lowest BCUT2D eigenvalue weighted by atomic mass is 9.91. The van der Waals surface area contributed by atoms with Crippen LogP contribution in [0.1, 0.15) is 28.2 Å². The minimum absolute atomic E-state index is 0.294. The first-order valence-electron chi connectivity index (χ1n) is 8.77. The summed E-state index contributed by atoms with van der Waals surface area (Å²) in [6.45, 7) is 3.31.